The van der Waals surface area contributed by atoms with Gasteiger partial charge in [0.25, 0.3) is 5.91 Å². The van der Waals surface area contributed by atoms with Crippen LogP contribution in [0.3, 0.4) is 0 Å². The minimum atomic E-state index is -0.823. The number of aliphatic carboxylic acids is 1. The fourth-order valence-corrected chi connectivity index (χ4v) is 3.64. The number of fused-ring (bicyclic) bond motifs is 1. The summed E-state index contributed by atoms with van der Waals surface area (Å²) in [6.45, 7) is 0. The first-order valence-corrected chi connectivity index (χ1v) is 9.01. The molecule has 1 aliphatic rings. The number of carboxylic acid groups (broad SMARTS) is 1. The van der Waals surface area contributed by atoms with Crippen LogP contribution in [0.15, 0.2) is 29.2 Å². The van der Waals surface area contributed by atoms with E-state index in [1.807, 2.05) is 30.5 Å². The third-order valence-electron chi connectivity index (χ3n) is 4.47. The van der Waals surface area contributed by atoms with Crippen LogP contribution in [0, 0.1) is 5.92 Å². The Kier molecular flexibility index (Phi) is 4.61. The van der Waals surface area contributed by atoms with E-state index in [2.05, 4.69) is 10.3 Å². The molecule has 1 fully saturated rings. The zero-order valence-electron chi connectivity index (χ0n) is 13.0. The van der Waals surface area contributed by atoms with Crippen molar-refractivity contribution < 1.29 is 14.7 Å². The van der Waals surface area contributed by atoms with Gasteiger partial charge in [-0.15, -0.1) is 11.8 Å². The lowest BCUT2D eigenvalue weighted by Crippen LogP contribution is -2.45. The second-order valence-electron chi connectivity index (χ2n) is 5.95. The Balaban J connectivity index is 1.78. The number of hydrogen-bond acceptors (Lipinski definition) is 3. The van der Waals surface area contributed by atoms with Gasteiger partial charge in [-0.3, -0.25) is 9.59 Å². The van der Waals surface area contributed by atoms with Crippen LogP contribution in [0.4, 0.5) is 0 Å². The van der Waals surface area contributed by atoms with Crippen molar-refractivity contribution in [2.45, 2.75) is 36.6 Å². The van der Waals surface area contributed by atoms with Crippen LogP contribution in [-0.4, -0.2) is 34.3 Å². The highest BCUT2D eigenvalue weighted by atomic mass is 32.2. The van der Waals surface area contributed by atoms with E-state index in [0.717, 1.165) is 35.1 Å². The highest BCUT2D eigenvalue weighted by molar-refractivity contribution is 7.98. The van der Waals surface area contributed by atoms with Gasteiger partial charge in [-0.2, -0.15) is 0 Å². The van der Waals surface area contributed by atoms with E-state index in [-0.39, 0.29) is 11.9 Å². The zero-order chi connectivity index (χ0) is 16.4. The van der Waals surface area contributed by atoms with E-state index in [0.29, 0.717) is 12.1 Å². The van der Waals surface area contributed by atoms with Gasteiger partial charge in [-0.1, -0.05) is 18.9 Å². The van der Waals surface area contributed by atoms with E-state index in [1.54, 1.807) is 11.8 Å². The summed E-state index contributed by atoms with van der Waals surface area (Å²) < 4.78 is 0. The largest absolute Gasteiger partial charge is 0.481 e. The molecular formula is C17H20N2O3S. The quantitative estimate of drug-likeness (QED) is 0.751. The van der Waals surface area contributed by atoms with Crippen molar-refractivity contribution in [2.24, 2.45) is 5.92 Å². The maximum atomic E-state index is 12.5. The lowest BCUT2D eigenvalue weighted by atomic mass is 9.84. The number of carbonyl (C=O) groups is 2. The Morgan fingerprint density at radius 2 is 2.04 bits per heavy atom. The van der Waals surface area contributed by atoms with Crippen LogP contribution in [0.1, 0.15) is 36.2 Å². The molecule has 3 rings (SSSR count). The lowest BCUT2D eigenvalue weighted by Gasteiger charge is -2.29. The molecular weight excluding hydrogens is 312 g/mol. The van der Waals surface area contributed by atoms with Gasteiger partial charge in [0, 0.05) is 21.8 Å². The van der Waals surface area contributed by atoms with Gasteiger partial charge in [0.1, 0.15) is 5.69 Å². The van der Waals surface area contributed by atoms with Crippen molar-refractivity contribution in [1.29, 1.82) is 0 Å². The molecule has 1 saturated carbocycles. The molecule has 0 aliphatic heterocycles. The molecule has 122 valence electrons. The molecule has 2 aromatic rings. The van der Waals surface area contributed by atoms with Gasteiger partial charge >= 0.3 is 5.97 Å². The summed E-state index contributed by atoms with van der Waals surface area (Å²) in [7, 11) is 0. The highest BCUT2D eigenvalue weighted by Gasteiger charge is 2.32. The van der Waals surface area contributed by atoms with Crippen molar-refractivity contribution in [2.75, 3.05) is 6.26 Å². The summed E-state index contributed by atoms with van der Waals surface area (Å²) in [4.78, 5) is 28.1. The number of thioether (sulfide) groups is 1. The topological polar surface area (TPSA) is 82.2 Å². The van der Waals surface area contributed by atoms with Crippen LogP contribution in [0.25, 0.3) is 10.9 Å². The van der Waals surface area contributed by atoms with Crippen molar-refractivity contribution in [3.05, 3.63) is 30.0 Å². The summed E-state index contributed by atoms with van der Waals surface area (Å²) >= 11 is 1.65. The molecule has 1 heterocycles. The summed E-state index contributed by atoms with van der Waals surface area (Å²) in [5.41, 5.74) is 1.40. The Bertz CT molecular complexity index is 741. The Morgan fingerprint density at radius 1 is 1.26 bits per heavy atom. The van der Waals surface area contributed by atoms with Crippen LogP contribution in [0.2, 0.25) is 0 Å². The number of hydrogen-bond donors (Lipinski definition) is 3. The van der Waals surface area contributed by atoms with Crippen LogP contribution >= 0.6 is 11.8 Å². The smallest absolute Gasteiger partial charge is 0.308 e. The zero-order valence-corrected chi connectivity index (χ0v) is 13.8. The normalized spacial score (nSPS) is 21.3. The molecule has 0 bridgehead atoms. The molecule has 2 atom stereocenters. The monoisotopic (exact) mass is 332 g/mol. The third-order valence-corrected chi connectivity index (χ3v) is 5.20. The molecule has 0 unspecified atom stereocenters. The van der Waals surface area contributed by atoms with Crippen molar-refractivity contribution in [3.63, 3.8) is 0 Å². The van der Waals surface area contributed by atoms with E-state index in [9.17, 15) is 14.7 Å². The third kappa shape index (κ3) is 3.37. The first-order chi connectivity index (χ1) is 11.1. The number of carbonyl (C=O) groups excluding carboxylic acids is 1. The van der Waals surface area contributed by atoms with Crippen LogP contribution in [0.5, 0.6) is 0 Å². The van der Waals surface area contributed by atoms with Gasteiger partial charge < -0.3 is 15.4 Å². The fourth-order valence-electron chi connectivity index (χ4n) is 3.20. The van der Waals surface area contributed by atoms with Crippen molar-refractivity contribution >= 4 is 34.5 Å². The number of nitrogens with one attached hydrogen (secondary N) is 2. The highest BCUT2D eigenvalue weighted by Crippen LogP contribution is 2.26. The first-order valence-electron chi connectivity index (χ1n) is 7.79. The number of H-pyrrole nitrogens is 1. The van der Waals surface area contributed by atoms with Gasteiger partial charge in [0.05, 0.1) is 5.92 Å². The molecule has 5 nitrogen and oxygen atoms in total. The first kappa shape index (κ1) is 15.9. The predicted molar refractivity (Wildman–Crippen MR) is 90.9 cm³/mol. The minimum Gasteiger partial charge on any atom is -0.481 e. The molecule has 1 aromatic heterocycles. The van der Waals surface area contributed by atoms with Gasteiger partial charge in [0.2, 0.25) is 0 Å². The predicted octanol–water partition coefficient (Wildman–Crippen LogP) is 3.26. The molecule has 6 heteroatoms. The Hall–Kier alpha value is -1.95. The number of aromatic nitrogens is 1. The summed E-state index contributed by atoms with van der Waals surface area (Å²) in [6, 6.07) is 7.53. The maximum Gasteiger partial charge on any atom is 0.308 e. The Labute approximate surface area is 138 Å². The van der Waals surface area contributed by atoms with E-state index < -0.39 is 11.9 Å². The summed E-state index contributed by atoms with van der Waals surface area (Å²) in [6.07, 6.45) is 5.22. The second kappa shape index (κ2) is 6.66. The van der Waals surface area contributed by atoms with Crippen molar-refractivity contribution in [1.82, 2.24) is 10.3 Å². The van der Waals surface area contributed by atoms with E-state index in [1.165, 1.54) is 0 Å². The number of carboxylic acids is 1. The molecule has 23 heavy (non-hydrogen) atoms. The molecule has 0 saturated heterocycles. The average Bonchev–Trinajstić information content (AvgIpc) is 2.98. The Morgan fingerprint density at radius 3 is 2.78 bits per heavy atom. The molecule has 1 amide bonds. The fraction of sp³-hybridized carbons (Fsp3) is 0.412. The number of amides is 1. The molecule has 3 N–H and O–H groups in total. The second-order valence-corrected chi connectivity index (χ2v) is 6.82. The van der Waals surface area contributed by atoms with Gasteiger partial charge in [-0.05, 0) is 37.3 Å². The van der Waals surface area contributed by atoms with E-state index >= 15 is 0 Å². The number of benzene rings is 1. The van der Waals surface area contributed by atoms with Gasteiger partial charge in [-0.25, -0.2) is 0 Å². The summed E-state index contributed by atoms with van der Waals surface area (Å²) in [5.74, 6) is -1.54. The van der Waals surface area contributed by atoms with E-state index in [4.69, 9.17) is 0 Å². The SMILES string of the molecule is CSc1ccc2cc(C(=O)N[C@H]3CCCC[C@H]3C(=O)O)[nH]c2c1. The molecule has 1 aromatic carbocycles. The van der Waals surface area contributed by atoms with Crippen LogP contribution < -0.4 is 5.32 Å². The van der Waals surface area contributed by atoms with Crippen LogP contribution in [-0.2, 0) is 4.79 Å². The molecule has 0 spiro atoms. The molecule has 1 aliphatic carbocycles. The average molecular weight is 332 g/mol. The molecule has 0 radical (unpaired) electrons. The van der Waals surface area contributed by atoms with Crippen molar-refractivity contribution in [3.8, 4) is 0 Å². The maximum absolute atomic E-state index is 12.5. The number of rotatable bonds is 4. The number of aromatic amines is 1. The minimum absolute atomic E-state index is 0.231. The standard InChI is InChI=1S/C17H20N2O3S/c1-23-11-7-6-10-8-15(18-14(10)9-11)16(20)19-13-5-3-2-4-12(13)17(21)22/h6-9,12-13,18H,2-5H2,1H3,(H,19,20)(H,21,22)/t12-,13+/m1/s1. The lowest BCUT2D eigenvalue weighted by molar-refractivity contribution is -0.143. The van der Waals surface area contributed by atoms with Gasteiger partial charge in [0.15, 0.2) is 0 Å². The summed E-state index contributed by atoms with van der Waals surface area (Å²) in [5, 5.41) is 13.2.